The van der Waals surface area contributed by atoms with Gasteiger partial charge in [-0.1, -0.05) is 0 Å². The highest BCUT2D eigenvalue weighted by molar-refractivity contribution is 7.44. The molecule has 0 amide bonds. The second-order valence-corrected chi connectivity index (χ2v) is 3.48. The van der Waals surface area contributed by atoms with E-state index in [0.717, 1.165) is 0 Å². The van der Waals surface area contributed by atoms with Gasteiger partial charge in [0.1, 0.15) is 7.80 Å². The fourth-order valence-corrected chi connectivity index (χ4v) is 0.976. The minimum Gasteiger partial charge on any atom is -0.481 e. The van der Waals surface area contributed by atoms with Crippen molar-refractivity contribution in [3.8, 4) is 0 Å². The van der Waals surface area contributed by atoms with Crippen LogP contribution in [0.4, 0.5) is 0 Å². The largest absolute Gasteiger partial charge is 0.481 e. The molecule has 0 aliphatic heterocycles. The number of carbonyl (C=O) groups is 1. The Morgan fingerprint density at radius 3 is 2.30 bits per heavy atom. The molecule has 0 aliphatic carbocycles. The second kappa shape index (κ2) is 7.30. The number of hydrogen-bond donors (Lipinski definition) is 2. The molecule has 0 rings (SSSR count). The fourth-order valence-electron chi connectivity index (χ4n) is 0.325. The van der Waals surface area contributed by atoms with Gasteiger partial charge in [-0.25, -0.2) is 0 Å². The Morgan fingerprint density at radius 2 is 2.00 bits per heavy atom. The average molecular weight is 182 g/mol. The summed E-state index contributed by atoms with van der Waals surface area (Å²) in [6.45, 7) is 0. The highest BCUT2D eigenvalue weighted by atomic mass is 31.1. The van der Waals surface area contributed by atoms with E-state index in [4.69, 9.17) is 10.2 Å². The van der Waals surface area contributed by atoms with Crippen LogP contribution in [0.25, 0.3) is 0 Å². The summed E-state index contributed by atoms with van der Waals surface area (Å²) in [4.78, 5) is 9.82. The summed E-state index contributed by atoms with van der Waals surface area (Å²) in [5, 5.41) is 16.2. The van der Waals surface area contributed by atoms with Crippen molar-refractivity contribution < 1.29 is 19.6 Å². The molecule has 4 nitrogen and oxygen atoms in total. The first-order valence-electron chi connectivity index (χ1n) is 2.51. The molecular formula is C4H12AlO4P. The molecule has 1 unspecified atom stereocenters. The first-order chi connectivity index (χ1) is 4.16. The molecule has 0 aromatic rings. The lowest BCUT2D eigenvalue weighted by atomic mass is 10.5. The van der Waals surface area contributed by atoms with E-state index in [1.165, 1.54) is 0 Å². The van der Waals surface area contributed by atoms with Crippen LogP contribution in [-0.4, -0.2) is 46.1 Å². The van der Waals surface area contributed by atoms with Gasteiger partial charge in [0.15, 0.2) is 17.4 Å². The normalized spacial score (nSPS) is 11.7. The minimum absolute atomic E-state index is 0. The van der Waals surface area contributed by atoms with Crippen LogP contribution in [0.5, 0.6) is 0 Å². The molecule has 0 saturated carbocycles. The van der Waals surface area contributed by atoms with Gasteiger partial charge in [-0.05, 0) is 0 Å². The predicted molar refractivity (Wildman–Crippen MR) is 43.1 cm³/mol. The zero-order valence-corrected chi connectivity index (χ0v) is 5.83. The highest BCUT2D eigenvalue weighted by Crippen LogP contribution is 2.18. The summed E-state index contributed by atoms with van der Waals surface area (Å²) >= 11 is 0. The van der Waals surface area contributed by atoms with Gasteiger partial charge in [-0.2, -0.15) is 0 Å². The van der Waals surface area contributed by atoms with Gasteiger partial charge in [0, 0.05) is 6.16 Å². The third-order valence-electron chi connectivity index (χ3n) is 0.794. The number of aliphatic hydroxyl groups is 1. The van der Waals surface area contributed by atoms with Crippen LogP contribution in [0, 0.1) is 0 Å². The fraction of sp³-hybridized carbons (Fsp3) is 0.750. The number of aliphatic carboxylic acids is 1. The average Bonchev–Trinajstić information content (AvgIpc) is 1.83. The summed E-state index contributed by atoms with van der Waals surface area (Å²) in [5.41, 5.74) is 0. The Kier molecular flexibility index (Phi) is 9.37. The summed E-state index contributed by atoms with van der Waals surface area (Å²) < 4.78 is 10.4. The molecule has 10 heavy (non-hydrogen) atoms. The summed E-state index contributed by atoms with van der Waals surface area (Å²) in [5.74, 6) is -0.971. The molecule has 6 heteroatoms. The predicted octanol–water partition coefficient (Wildman–Crippen LogP) is -1.21. The van der Waals surface area contributed by atoms with E-state index in [-0.39, 0.29) is 36.3 Å². The maximum atomic E-state index is 10.4. The maximum Gasteiger partial charge on any atom is 0.303 e. The first-order valence-corrected chi connectivity index (χ1v) is 4.33. The molecular weight excluding hydrogens is 170 g/mol. The SMILES string of the molecule is O=C(O)CC[PH](=O)CO.[AlH3]. The number of hydrogen-bond acceptors (Lipinski definition) is 3. The van der Waals surface area contributed by atoms with E-state index >= 15 is 0 Å². The Balaban J connectivity index is 0. The number of aliphatic hydroxyl groups excluding tert-OH is 1. The van der Waals surface area contributed by atoms with E-state index in [1.54, 1.807) is 0 Å². The molecule has 0 saturated heterocycles. The lowest BCUT2D eigenvalue weighted by Crippen LogP contribution is -1.96. The van der Waals surface area contributed by atoms with Gasteiger partial charge in [0.25, 0.3) is 0 Å². The zero-order chi connectivity index (χ0) is 7.28. The van der Waals surface area contributed by atoms with Crippen molar-refractivity contribution in [2.24, 2.45) is 0 Å². The molecule has 60 valence electrons. The van der Waals surface area contributed by atoms with Crippen LogP contribution < -0.4 is 0 Å². The molecule has 1 atom stereocenters. The third kappa shape index (κ3) is 8.19. The van der Waals surface area contributed by atoms with E-state index in [1.807, 2.05) is 0 Å². The summed E-state index contributed by atoms with van der Waals surface area (Å²) in [6.07, 6.45) is -0.382. The molecule has 0 aliphatic rings. The van der Waals surface area contributed by atoms with Crippen molar-refractivity contribution in [3.05, 3.63) is 0 Å². The molecule has 0 spiro atoms. The second-order valence-electron chi connectivity index (χ2n) is 1.59. The van der Waals surface area contributed by atoms with Gasteiger partial charge < -0.3 is 14.8 Å². The van der Waals surface area contributed by atoms with Crippen molar-refractivity contribution in [2.75, 3.05) is 12.5 Å². The molecule has 0 heterocycles. The van der Waals surface area contributed by atoms with Crippen LogP contribution in [0.1, 0.15) is 6.42 Å². The van der Waals surface area contributed by atoms with E-state index in [9.17, 15) is 9.36 Å². The molecule has 0 bridgehead atoms. The Hall–Kier alpha value is 0.192. The topological polar surface area (TPSA) is 74.6 Å². The van der Waals surface area contributed by atoms with E-state index in [2.05, 4.69) is 0 Å². The molecule has 2 N–H and O–H groups in total. The Morgan fingerprint density at radius 1 is 1.50 bits per heavy atom. The van der Waals surface area contributed by atoms with E-state index in [0.29, 0.717) is 0 Å². The first kappa shape index (κ1) is 12.8. The number of carboxylic acid groups (broad SMARTS) is 1. The maximum absolute atomic E-state index is 10.4. The van der Waals surface area contributed by atoms with Crippen molar-refractivity contribution in [3.63, 3.8) is 0 Å². The van der Waals surface area contributed by atoms with Crippen LogP contribution in [0.2, 0.25) is 0 Å². The quantitative estimate of drug-likeness (QED) is 0.422. The lowest BCUT2D eigenvalue weighted by molar-refractivity contribution is -0.136. The van der Waals surface area contributed by atoms with Crippen LogP contribution >= 0.6 is 7.80 Å². The monoisotopic (exact) mass is 182 g/mol. The zero-order valence-electron chi connectivity index (χ0n) is 4.83. The Labute approximate surface area is 70.2 Å². The van der Waals surface area contributed by atoms with Gasteiger partial charge in [-0.3, -0.25) is 4.79 Å². The smallest absolute Gasteiger partial charge is 0.303 e. The third-order valence-corrected chi connectivity index (χ3v) is 1.95. The van der Waals surface area contributed by atoms with Crippen molar-refractivity contribution in [1.82, 2.24) is 0 Å². The summed E-state index contributed by atoms with van der Waals surface area (Å²) in [6, 6.07) is 0. The molecule has 0 fully saturated rings. The standard InChI is InChI=1S/C4H9O4P.Al.3H/c5-3-9(8)2-1-4(6)7;;;;/h5,9H,1-3H2,(H,6,7);;;;. The van der Waals surface area contributed by atoms with Crippen LogP contribution in [-0.2, 0) is 9.36 Å². The molecule has 0 aromatic carbocycles. The Bertz CT molecular complexity index is 126. The lowest BCUT2D eigenvalue weighted by Gasteiger charge is -1.91. The van der Waals surface area contributed by atoms with Crippen molar-refractivity contribution in [1.29, 1.82) is 0 Å². The van der Waals surface area contributed by atoms with Gasteiger partial charge in [0.05, 0.1) is 12.8 Å². The minimum atomic E-state index is -2.00. The van der Waals surface area contributed by atoms with Gasteiger partial charge in [-0.15, -0.1) is 0 Å². The number of carboxylic acids is 1. The van der Waals surface area contributed by atoms with Gasteiger partial charge in [0.2, 0.25) is 0 Å². The van der Waals surface area contributed by atoms with Crippen molar-refractivity contribution >= 4 is 31.1 Å². The van der Waals surface area contributed by atoms with Crippen molar-refractivity contribution in [2.45, 2.75) is 6.42 Å². The summed E-state index contributed by atoms with van der Waals surface area (Å²) in [7, 11) is -2.00. The highest BCUT2D eigenvalue weighted by Gasteiger charge is 2.00. The number of rotatable bonds is 4. The van der Waals surface area contributed by atoms with E-state index < -0.39 is 13.8 Å². The van der Waals surface area contributed by atoms with Gasteiger partial charge >= 0.3 is 5.97 Å². The molecule has 0 aromatic heterocycles. The molecule has 0 radical (unpaired) electrons. The van der Waals surface area contributed by atoms with Crippen LogP contribution in [0.3, 0.4) is 0 Å². The van der Waals surface area contributed by atoms with Crippen LogP contribution in [0.15, 0.2) is 0 Å².